The first-order valence-corrected chi connectivity index (χ1v) is 11.7. The number of rotatable bonds is 13. The lowest BCUT2D eigenvalue weighted by Gasteiger charge is -2.25. The largest absolute Gasteiger partial charge is 0.465 e. The van der Waals surface area contributed by atoms with E-state index in [-0.39, 0.29) is 43.9 Å². The number of aromatic nitrogens is 2. The molecule has 0 saturated carbocycles. The first-order chi connectivity index (χ1) is 16.9. The maximum Gasteiger partial charge on any atom is 0.353 e. The second-order valence-corrected chi connectivity index (χ2v) is 8.16. The molecular weight excluding hydrogens is 452 g/mol. The van der Waals surface area contributed by atoms with Crippen LogP contribution in [0.25, 0.3) is 0 Å². The lowest BCUT2D eigenvalue weighted by molar-refractivity contribution is -0.383. The van der Waals surface area contributed by atoms with E-state index in [0.29, 0.717) is 6.42 Å². The van der Waals surface area contributed by atoms with Crippen LogP contribution in [0.2, 0.25) is 0 Å². The third-order valence-electron chi connectivity index (χ3n) is 5.60. The molecule has 188 valence electrons. The molecule has 0 unspecified atom stereocenters. The van der Waals surface area contributed by atoms with Crippen molar-refractivity contribution in [3.8, 4) is 6.01 Å². The van der Waals surface area contributed by atoms with Crippen molar-refractivity contribution in [3.05, 3.63) is 58.2 Å². The van der Waals surface area contributed by atoms with Crippen molar-refractivity contribution < 1.29 is 19.2 Å². The van der Waals surface area contributed by atoms with Gasteiger partial charge in [0, 0.05) is 13.1 Å². The normalized spacial score (nSPS) is 13.4. The molecule has 0 atom stereocenters. The van der Waals surface area contributed by atoms with Crippen molar-refractivity contribution in [1.29, 1.82) is 0 Å². The van der Waals surface area contributed by atoms with Gasteiger partial charge in [0.15, 0.2) is 0 Å². The standard InChI is InChI=1S/C24H32N6O5/c1-3-5-14-35-24-26-22(25)21(30(32)33)23(27-24)29(17-20(31)34-4-2)16-19-11-7-6-10-18(19)15-28-12-8-9-13-28/h3,6-7,10-11H,1,4-5,8-9,12-17H2,2H3,(H2,25,26,27). The maximum absolute atomic E-state index is 12.5. The highest BCUT2D eigenvalue weighted by atomic mass is 16.6. The molecule has 1 saturated heterocycles. The first kappa shape index (κ1) is 25.9. The van der Waals surface area contributed by atoms with Crippen molar-refractivity contribution in [2.45, 2.75) is 39.3 Å². The van der Waals surface area contributed by atoms with E-state index >= 15 is 0 Å². The van der Waals surface area contributed by atoms with Crippen molar-refractivity contribution in [2.24, 2.45) is 0 Å². The predicted molar refractivity (Wildman–Crippen MR) is 132 cm³/mol. The Morgan fingerprint density at radius 2 is 2.00 bits per heavy atom. The fourth-order valence-corrected chi connectivity index (χ4v) is 3.95. The van der Waals surface area contributed by atoms with Gasteiger partial charge in [-0.15, -0.1) is 6.58 Å². The summed E-state index contributed by atoms with van der Waals surface area (Å²) in [7, 11) is 0. The summed E-state index contributed by atoms with van der Waals surface area (Å²) in [6, 6.07) is 7.73. The monoisotopic (exact) mass is 484 g/mol. The molecule has 2 N–H and O–H groups in total. The van der Waals surface area contributed by atoms with Crippen molar-refractivity contribution in [2.75, 3.05) is 43.5 Å². The molecule has 2 heterocycles. The average molecular weight is 485 g/mol. The summed E-state index contributed by atoms with van der Waals surface area (Å²) < 4.78 is 10.7. The molecule has 3 rings (SSSR count). The highest BCUT2D eigenvalue weighted by molar-refractivity contribution is 5.78. The minimum absolute atomic E-state index is 0.0971. The Balaban J connectivity index is 2.00. The van der Waals surface area contributed by atoms with Gasteiger partial charge in [-0.25, -0.2) is 0 Å². The number of esters is 1. The third-order valence-corrected chi connectivity index (χ3v) is 5.60. The number of nitrogens with zero attached hydrogens (tertiary/aromatic N) is 5. The van der Waals surface area contributed by atoms with E-state index in [2.05, 4.69) is 21.4 Å². The van der Waals surface area contributed by atoms with E-state index in [1.165, 1.54) is 4.90 Å². The van der Waals surface area contributed by atoms with Crippen LogP contribution >= 0.6 is 0 Å². The summed E-state index contributed by atoms with van der Waals surface area (Å²) >= 11 is 0. The minimum Gasteiger partial charge on any atom is -0.465 e. The highest BCUT2D eigenvalue weighted by Gasteiger charge is 2.30. The Morgan fingerprint density at radius 1 is 1.29 bits per heavy atom. The zero-order valence-corrected chi connectivity index (χ0v) is 20.0. The van der Waals surface area contributed by atoms with Gasteiger partial charge < -0.3 is 20.1 Å². The smallest absolute Gasteiger partial charge is 0.353 e. The summed E-state index contributed by atoms with van der Waals surface area (Å²) in [6.45, 7) is 8.50. The summed E-state index contributed by atoms with van der Waals surface area (Å²) in [5, 5.41) is 11.9. The lowest BCUT2D eigenvalue weighted by Crippen LogP contribution is -2.33. The zero-order chi connectivity index (χ0) is 25.2. The van der Waals surface area contributed by atoms with Crippen LogP contribution in [0, 0.1) is 10.1 Å². The highest BCUT2D eigenvalue weighted by Crippen LogP contribution is 2.34. The number of nitrogens with two attached hydrogens (primary N) is 1. The second kappa shape index (κ2) is 12.7. The molecule has 2 aromatic rings. The van der Waals surface area contributed by atoms with Gasteiger partial charge in [0.25, 0.3) is 0 Å². The lowest BCUT2D eigenvalue weighted by atomic mass is 10.1. The number of nitrogen functional groups attached to an aromatic ring is 1. The molecule has 0 aliphatic carbocycles. The summed E-state index contributed by atoms with van der Waals surface area (Å²) in [5.74, 6) is -0.974. The topological polar surface area (TPSA) is 137 Å². The fraction of sp³-hybridized carbons (Fsp3) is 0.458. The molecular formula is C24H32N6O5. The number of anilines is 2. The summed E-state index contributed by atoms with van der Waals surface area (Å²) in [4.78, 5) is 35.8. The number of hydrogen-bond donors (Lipinski definition) is 1. The molecule has 0 radical (unpaired) electrons. The van der Waals surface area contributed by atoms with Crippen LogP contribution in [-0.2, 0) is 22.6 Å². The SMILES string of the molecule is C=CCCOc1nc(N)c([N+](=O)[O-])c(N(CC(=O)OCC)Cc2ccccc2CN2CCCC2)n1. The molecule has 1 aromatic heterocycles. The molecule has 1 aromatic carbocycles. The molecule has 11 nitrogen and oxygen atoms in total. The zero-order valence-electron chi connectivity index (χ0n) is 20.0. The quantitative estimate of drug-likeness (QED) is 0.148. The molecule has 1 aliphatic heterocycles. The van der Waals surface area contributed by atoms with Crippen molar-refractivity contribution in [1.82, 2.24) is 14.9 Å². The van der Waals surface area contributed by atoms with Crippen molar-refractivity contribution >= 4 is 23.3 Å². The van der Waals surface area contributed by atoms with Gasteiger partial charge in [0.05, 0.1) is 18.1 Å². The third kappa shape index (κ3) is 7.12. The number of carbonyl (C=O) groups excluding carboxylic acids is 1. The number of ether oxygens (including phenoxy) is 2. The van der Waals surface area contributed by atoms with Crippen LogP contribution in [0.5, 0.6) is 6.01 Å². The number of nitro groups is 1. The molecule has 1 aliphatic rings. The van der Waals surface area contributed by atoms with Crippen LogP contribution in [0.1, 0.15) is 37.3 Å². The van der Waals surface area contributed by atoms with E-state index in [1.807, 2.05) is 24.3 Å². The molecule has 35 heavy (non-hydrogen) atoms. The Kier molecular flexibility index (Phi) is 9.36. The van der Waals surface area contributed by atoms with Gasteiger partial charge in [-0.2, -0.15) is 9.97 Å². The van der Waals surface area contributed by atoms with Crippen LogP contribution in [-0.4, -0.2) is 58.6 Å². The van der Waals surface area contributed by atoms with E-state index in [9.17, 15) is 14.9 Å². The Bertz CT molecular complexity index is 1040. The van der Waals surface area contributed by atoms with Gasteiger partial charge in [-0.3, -0.25) is 19.8 Å². The number of carbonyl (C=O) groups is 1. The van der Waals surface area contributed by atoms with Crippen LogP contribution < -0.4 is 15.4 Å². The second-order valence-electron chi connectivity index (χ2n) is 8.16. The Hall–Kier alpha value is -3.73. The summed E-state index contributed by atoms with van der Waals surface area (Å²) in [5.41, 5.74) is 7.46. The molecule has 11 heteroatoms. The predicted octanol–water partition coefficient (Wildman–Crippen LogP) is 3.09. The van der Waals surface area contributed by atoms with Crippen LogP contribution in [0.3, 0.4) is 0 Å². The first-order valence-electron chi connectivity index (χ1n) is 11.7. The van der Waals surface area contributed by atoms with E-state index < -0.39 is 16.6 Å². The Labute approximate surface area is 204 Å². The van der Waals surface area contributed by atoms with Gasteiger partial charge >= 0.3 is 17.7 Å². The van der Waals surface area contributed by atoms with Gasteiger partial charge in [0.2, 0.25) is 11.6 Å². The van der Waals surface area contributed by atoms with E-state index in [4.69, 9.17) is 15.2 Å². The molecule has 0 spiro atoms. The molecule has 1 fully saturated rings. The number of likely N-dealkylation sites (tertiary alicyclic amines) is 1. The average Bonchev–Trinajstić information content (AvgIpc) is 3.32. The fourth-order valence-electron chi connectivity index (χ4n) is 3.95. The number of benzene rings is 1. The Morgan fingerprint density at radius 3 is 2.66 bits per heavy atom. The minimum atomic E-state index is -0.646. The van der Waals surface area contributed by atoms with E-state index in [0.717, 1.165) is 43.6 Å². The summed E-state index contributed by atoms with van der Waals surface area (Å²) in [6.07, 6.45) is 4.53. The van der Waals surface area contributed by atoms with Crippen LogP contribution in [0.4, 0.5) is 17.3 Å². The maximum atomic E-state index is 12.5. The van der Waals surface area contributed by atoms with E-state index in [1.54, 1.807) is 13.0 Å². The number of hydrogen-bond acceptors (Lipinski definition) is 10. The van der Waals surface area contributed by atoms with Gasteiger partial charge in [-0.1, -0.05) is 30.3 Å². The van der Waals surface area contributed by atoms with Gasteiger partial charge in [0.1, 0.15) is 6.54 Å². The molecule has 0 amide bonds. The van der Waals surface area contributed by atoms with Crippen molar-refractivity contribution in [3.63, 3.8) is 0 Å². The van der Waals surface area contributed by atoms with Gasteiger partial charge in [-0.05, 0) is 50.4 Å². The van der Waals surface area contributed by atoms with Crippen LogP contribution in [0.15, 0.2) is 36.9 Å². The molecule has 0 bridgehead atoms.